The van der Waals surface area contributed by atoms with Crippen LogP contribution >= 0.6 is 0 Å². The van der Waals surface area contributed by atoms with Crippen LogP contribution in [0.4, 0.5) is 8.78 Å². The molecule has 0 aromatic heterocycles. The normalized spacial score (nSPS) is 14.4. The van der Waals surface area contributed by atoms with Gasteiger partial charge in [-0.3, -0.25) is 0 Å². The van der Waals surface area contributed by atoms with Crippen molar-refractivity contribution >= 4 is 0 Å². The van der Waals surface area contributed by atoms with Crippen molar-refractivity contribution in [3.8, 4) is 0 Å². The minimum Gasteiger partial charge on any atom is -0.383 e. The smallest absolute Gasteiger partial charge is 0.159 e. The van der Waals surface area contributed by atoms with Gasteiger partial charge in [0.2, 0.25) is 0 Å². The molecule has 1 rings (SSSR count). The van der Waals surface area contributed by atoms with Crippen LogP contribution in [0.5, 0.6) is 0 Å². The average Bonchev–Trinajstić information content (AvgIpc) is 2.39. The summed E-state index contributed by atoms with van der Waals surface area (Å²) < 4.78 is 31.1. The van der Waals surface area contributed by atoms with E-state index in [0.717, 1.165) is 31.5 Å². The van der Waals surface area contributed by atoms with Gasteiger partial charge in [0.05, 0.1) is 6.61 Å². The topological polar surface area (TPSA) is 21.3 Å². The highest BCUT2D eigenvalue weighted by Gasteiger charge is 2.22. The highest BCUT2D eigenvalue weighted by molar-refractivity contribution is 5.19. The summed E-state index contributed by atoms with van der Waals surface area (Å²) in [6, 6.07) is 4.14. The maximum absolute atomic E-state index is 13.2. The molecule has 1 aromatic carbocycles. The third kappa shape index (κ3) is 5.25. The van der Waals surface area contributed by atoms with E-state index in [1.54, 1.807) is 13.2 Å². The number of nitrogens with one attached hydrogen (secondary N) is 1. The molecule has 1 aromatic rings. The van der Waals surface area contributed by atoms with Crippen molar-refractivity contribution in [2.45, 2.75) is 26.7 Å². The molecule has 0 radical (unpaired) electrons. The zero-order chi connectivity index (χ0) is 14.3. The Morgan fingerprint density at radius 3 is 2.58 bits per heavy atom. The van der Waals surface area contributed by atoms with Crippen LogP contribution in [-0.4, -0.2) is 26.8 Å². The van der Waals surface area contributed by atoms with Crippen LogP contribution in [0.1, 0.15) is 25.8 Å². The Labute approximate surface area is 114 Å². The van der Waals surface area contributed by atoms with Gasteiger partial charge in [0, 0.05) is 20.2 Å². The summed E-state index contributed by atoms with van der Waals surface area (Å²) in [7, 11) is 1.67. The minimum absolute atomic E-state index is 0.0258. The summed E-state index contributed by atoms with van der Waals surface area (Å²) in [6.45, 7) is 6.55. The highest BCUT2D eigenvalue weighted by atomic mass is 19.2. The van der Waals surface area contributed by atoms with Crippen molar-refractivity contribution in [1.29, 1.82) is 0 Å². The molecule has 0 saturated carbocycles. The molecule has 0 saturated heterocycles. The van der Waals surface area contributed by atoms with Crippen LogP contribution < -0.4 is 5.32 Å². The summed E-state index contributed by atoms with van der Waals surface area (Å²) in [6.07, 6.45) is 1.69. The Morgan fingerprint density at radius 1 is 1.26 bits per heavy atom. The Morgan fingerprint density at radius 2 is 2.00 bits per heavy atom. The van der Waals surface area contributed by atoms with Gasteiger partial charge in [0.1, 0.15) is 0 Å². The van der Waals surface area contributed by atoms with Crippen LogP contribution in [0.3, 0.4) is 0 Å². The molecule has 108 valence electrons. The third-order valence-electron chi connectivity index (χ3n) is 3.50. The molecule has 2 nitrogen and oxygen atoms in total. The highest BCUT2D eigenvalue weighted by Crippen LogP contribution is 2.26. The lowest BCUT2D eigenvalue weighted by atomic mass is 9.81. The first-order valence-electron chi connectivity index (χ1n) is 6.64. The fourth-order valence-electron chi connectivity index (χ4n) is 2.02. The minimum atomic E-state index is -0.792. The molecule has 0 aliphatic heterocycles. The molecule has 4 heteroatoms. The quantitative estimate of drug-likeness (QED) is 0.733. The first kappa shape index (κ1) is 16.1. The van der Waals surface area contributed by atoms with Gasteiger partial charge in [0.25, 0.3) is 0 Å². The summed E-state index contributed by atoms with van der Waals surface area (Å²) in [4.78, 5) is 0. The molecular formula is C15H23F2NO. The van der Waals surface area contributed by atoms with E-state index in [4.69, 9.17) is 4.74 Å². The van der Waals surface area contributed by atoms with Crippen molar-refractivity contribution in [3.05, 3.63) is 35.4 Å². The fraction of sp³-hybridized carbons (Fsp3) is 0.600. The fourth-order valence-corrected chi connectivity index (χ4v) is 2.02. The Balaban J connectivity index is 2.60. The molecule has 0 aliphatic rings. The number of halogens is 2. The van der Waals surface area contributed by atoms with Crippen molar-refractivity contribution in [2.24, 2.45) is 5.41 Å². The van der Waals surface area contributed by atoms with Crippen molar-refractivity contribution in [1.82, 2.24) is 5.32 Å². The largest absolute Gasteiger partial charge is 0.383 e. The number of benzene rings is 1. The lowest BCUT2D eigenvalue weighted by molar-refractivity contribution is 0.191. The number of rotatable bonds is 8. The molecule has 0 bridgehead atoms. The molecule has 1 N–H and O–H groups in total. The van der Waals surface area contributed by atoms with Crippen LogP contribution in [0.2, 0.25) is 0 Å². The Kier molecular flexibility index (Phi) is 6.38. The van der Waals surface area contributed by atoms with Crippen LogP contribution in [0.25, 0.3) is 0 Å². The van der Waals surface area contributed by atoms with Crippen molar-refractivity contribution in [3.63, 3.8) is 0 Å². The molecule has 0 spiro atoms. The lowest BCUT2D eigenvalue weighted by Gasteiger charge is -2.29. The van der Waals surface area contributed by atoms with E-state index in [1.165, 1.54) is 12.1 Å². The number of ether oxygens (including phenoxy) is 1. The van der Waals surface area contributed by atoms with Gasteiger partial charge >= 0.3 is 0 Å². The van der Waals surface area contributed by atoms with Crippen LogP contribution in [0.15, 0.2) is 18.2 Å². The second kappa shape index (κ2) is 7.56. The first-order chi connectivity index (χ1) is 9.00. The molecule has 19 heavy (non-hydrogen) atoms. The predicted octanol–water partition coefficient (Wildman–Crippen LogP) is 3.16. The third-order valence-corrected chi connectivity index (χ3v) is 3.50. The van der Waals surface area contributed by atoms with Gasteiger partial charge in [0.15, 0.2) is 11.6 Å². The van der Waals surface area contributed by atoms with Gasteiger partial charge in [-0.1, -0.05) is 19.9 Å². The van der Waals surface area contributed by atoms with E-state index < -0.39 is 11.6 Å². The summed E-state index contributed by atoms with van der Waals surface area (Å²) >= 11 is 0. The number of hydrogen-bond donors (Lipinski definition) is 1. The standard InChI is InChI=1S/C15H23F2NO/c1-4-15(2,11-18-7-8-19-3)10-12-5-6-13(16)14(17)9-12/h5-6,9,18H,4,7-8,10-11H2,1-3H3. The van der Waals surface area contributed by atoms with Gasteiger partial charge in [-0.15, -0.1) is 0 Å². The summed E-state index contributed by atoms with van der Waals surface area (Å²) in [5.41, 5.74) is 0.856. The zero-order valence-electron chi connectivity index (χ0n) is 11.9. The van der Waals surface area contributed by atoms with Gasteiger partial charge in [-0.25, -0.2) is 8.78 Å². The SMILES string of the molecule is CCC(C)(CNCCOC)Cc1ccc(F)c(F)c1. The van der Waals surface area contributed by atoms with Gasteiger partial charge in [-0.05, 0) is 36.0 Å². The first-order valence-corrected chi connectivity index (χ1v) is 6.64. The maximum atomic E-state index is 13.2. The van der Waals surface area contributed by atoms with Crippen molar-refractivity contribution < 1.29 is 13.5 Å². The van der Waals surface area contributed by atoms with E-state index in [9.17, 15) is 8.78 Å². The van der Waals surface area contributed by atoms with Gasteiger partial charge in [-0.2, -0.15) is 0 Å². The van der Waals surface area contributed by atoms with E-state index in [0.29, 0.717) is 6.61 Å². The zero-order valence-corrected chi connectivity index (χ0v) is 11.9. The average molecular weight is 271 g/mol. The number of methoxy groups -OCH3 is 1. The molecule has 1 atom stereocenters. The summed E-state index contributed by atoms with van der Waals surface area (Å²) in [5.74, 6) is -1.57. The van der Waals surface area contributed by atoms with Crippen molar-refractivity contribution in [2.75, 3.05) is 26.8 Å². The summed E-state index contributed by atoms with van der Waals surface area (Å²) in [5, 5.41) is 3.33. The Bertz CT molecular complexity index is 398. The molecule has 1 unspecified atom stereocenters. The second-order valence-corrected chi connectivity index (χ2v) is 5.26. The van der Waals surface area contributed by atoms with E-state index in [1.807, 2.05) is 0 Å². The van der Waals surface area contributed by atoms with E-state index in [2.05, 4.69) is 19.2 Å². The monoisotopic (exact) mass is 271 g/mol. The molecule has 0 amide bonds. The lowest BCUT2D eigenvalue weighted by Crippen LogP contribution is -2.34. The Hall–Kier alpha value is -1.00. The van der Waals surface area contributed by atoms with E-state index >= 15 is 0 Å². The van der Waals surface area contributed by atoms with Gasteiger partial charge < -0.3 is 10.1 Å². The number of hydrogen-bond acceptors (Lipinski definition) is 2. The maximum Gasteiger partial charge on any atom is 0.159 e. The van der Waals surface area contributed by atoms with E-state index in [-0.39, 0.29) is 5.41 Å². The van der Waals surface area contributed by atoms with Crippen LogP contribution in [0, 0.1) is 17.0 Å². The molecule has 0 aliphatic carbocycles. The predicted molar refractivity (Wildman–Crippen MR) is 73.2 cm³/mol. The molecule has 0 heterocycles. The molecule has 0 fully saturated rings. The molecular weight excluding hydrogens is 248 g/mol. The second-order valence-electron chi connectivity index (χ2n) is 5.26. The van der Waals surface area contributed by atoms with Crippen LogP contribution in [-0.2, 0) is 11.2 Å².